The number of aliphatic hydroxyl groups excluding tert-OH is 1. The van der Waals surface area contributed by atoms with Crippen molar-refractivity contribution in [1.29, 1.82) is 0 Å². The van der Waals surface area contributed by atoms with Crippen LogP contribution in [0, 0.1) is 17.8 Å². The number of nitrogens with one attached hydrogen (secondary N) is 1. The minimum atomic E-state index is -1.22. The van der Waals surface area contributed by atoms with Crippen molar-refractivity contribution in [2.24, 2.45) is 17.8 Å². The maximum atomic E-state index is 14.4. The van der Waals surface area contributed by atoms with Gasteiger partial charge in [-0.2, -0.15) is 3.89 Å². The number of carbonyl (C=O) groups excluding carboxylic acids is 3. The topological polar surface area (TPSA) is 193 Å². The van der Waals surface area contributed by atoms with Crippen molar-refractivity contribution in [2.45, 2.75) is 160 Å². The van der Waals surface area contributed by atoms with Crippen LogP contribution in [0.3, 0.4) is 0 Å². The molecule has 3 fully saturated rings. The van der Waals surface area contributed by atoms with Gasteiger partial charge in [-0.05, 0) is 112 Å². The number of amides is 1. The number of carbonyl (C=O) groups is 3. The largest absolute Gasteiger partial charge is 0.458 e. The molecule has 63 heavy (non-hydrogen) atoms. The van der Waals surface area contributed by atoms with Crippen LogP contribution in [-0.4, -0.2) is 148 Å². The maximum absolute atomic E-state index is 14.4. The molecule has 4 heterocycles. The van der Waals surface area contributed by atoms with Gasteiger partial charge in [-0.1, -0.05) is 38.1 Å². The lowest BCUT2D eigenvalue weighted by atomic mass is 9.78. The SMILES string of the molecule is CC[C@H]1OC(=O)[C@H](C)C(=O)[C@H](C)[C@@H](O[C@@H]2O[C@H](C)CC(N(C)C)C2O)[C@](C)(OC)C[C@H](C)CCN[C@@H](C)[C@H]2N(CCCCn3cc(-c4cccc(N)c4)nn3)C(=O)O[C@]12C.CSF. The number of ether oxygens (including phenoxy) is 5. The van der Waals surface area contributed by atoms with Crippen LogP contribution in [0.2, 0.25) is 0 Å². The predicted octanol–water partition coefficient (Wildman–Crippen LogP) is 5.91. The minimum absolute atomic E-state index is 0.0906. The molecule has 5 rings (SSSR count). The number of halogens is 1. The fraction of sp³-hybridized carbons (Fsp3) is 0.756. The molecule has 1 amide bonds. The first-order valence-corrected chi connectivity index (χ1v) is 23.5. The quantitative estimate of drug-likeness (QED) is 0.104. The Morgan fingerprint density at radius 1 is 1.11 bits per heavy atom. The first kappa shape index (κ1) is 52.2. The number of esters is 1. The van der Waals surface area contributed by atoms with E-state index in [1.165, 1.54) is 6.26 Å². The molecule has 0 radical (unpaired) electrons. The van der Waals surface area contributed by atoms with Crippen LogP contribution in [0.4, 0.5) is 14.4 Å². The third-order valence-electron chi connectivity index (χ3n) is 13.1. The van der Waals surface area contributed by atoms with E-state index >= 15 is 0 Å². The summed E-state index contributed by atoms with van der Waals surface area (Å²) >= 11 is 0.250. The zero-order valence-electron chi connectivity index (χ0n) is 39.4. The number of nitrogens with zero attached hydrogens (tertiary/aromatic N) is 5. The van der Waals surface area contributed by atoms with E-state index in [-0.39, 0.29) is 42.0 Å². The van der Waals surface area contributed by atoms with Crippen LogP contribution in [-0.2, 0) is 39.8 Å². The molecule has 3 aliphatic heterocycles. The van der Waals surface area contributed by atoms with Crippen molar-refractivity contribution < 1.29 is 47.1 Å². The molecule has 356 valence electrons. The first-order valence-electron chi connectivity index (χ1n) is 22.3. The molecule has 13 atom stereocenters. The van der Waals surface area contributed by atoms with E-state index < -0.39 is 65.7 Å². The third-order valence-corrected chi connectivity index (χ3v) is 13.1. The van der Waals surface area contributed by atoms with Gasteiger partial charge >= 0.3 is 12.1 Å². The van der Waals surface area contributed by atoms with Crippen LogP contribution >= 0.6 is 12.1 Å². The monoisotopic (exact) mass is 908 g/mol. The van der Waals surface area contributed by atoms with E-state index in [1.54, 1.807) is 30.5 Å². The lowest BCUT2D eigenvalue weighted by Crippen LogP contribution is -2.61. The number of aromatic nitrogens is 3. The van der Waals surface area contributed by atoms with Crippen LogP contribution < -0.4 is 11.1 Å². The Kier molecular flexibility index (Phi) is 19.2. The number of fused-ring (bicyclic) bond motifs is 1. The first-order chi connectivity index (χ1) is 29.7. The van der Waals surface area contributed by atoms with Crippen molar-refractivity contribution >= 4 is 35.7 Å². The number of methoxy groups -OCH3 is 1. The highest BCUT2D eigenvalue weighted by molar-refractivity contribution is 7.93. The van der Waals surface area contributed by atoms with Crippen LogP contribution in [0.1, 0.15) is 93.9 Å². The number of cyclic esters (lactones) is 1. The molecule has 1 aromatic carbocycles. The Bertz CT molecular complexity index is 1790. The zero-order chi connectivity index (χ0) is 46.8. The van der Waals surface area contributed by atoms with Crippen molar-refractivity contribution in [3.63, 3.8) is 0 Å². The number of nitrogens with two attached hydrogens (primary N) is 1. The summed E-state index contributed by atoms with van der Waals surface area (Å²) in [6.45, 7) is 16.6. The number of rotatable bonds is 11. The molecule has 0 spiro atoms. The number of Topliss-reactive ketones (excluding diaryl/α,β-unsaturated/α-hetero) is 1. The molecule has 18 heteroatoms. The van der Waals surface area contributed by atoms with E-state index in [0.29, 0.717) is 51.0 Å². The lowest BCUT2D eigenvalue weighted by Gasteiger charge is -2.47. The molecule has 2 aromatic rings. The fourth-order valence-electron chi connectivity index (χ4n) is 9.65. The number of aliphatic hydroxyl groups is 1. The second-order valence-corrected chi connectivity index (χ2v) is 18.6. The Morgan fingerprint density at radius 3 is 2.43 bits per heavy atom. The van der Waals surface area contributed by atoms with E-state index in [1.807, 2.05) is 84.1 Å². The second kappa shape index (κ2) is 23.2. The molecular formula is C45H74FN7O9S. The van der Waals surface area contributed by atoms with Crippen LogP contribution in [0.25, 0.3) is 11.3 Å². The lowest BCUT2D eigenvalue weighted by molar-refractivity contribution is -0.295. The van der Waals surface area contributed by atoms with Gasteiger partial charge in [0.25, 0.3) is 0 Å². The number of hydrogen-bond donors (Lipinski definition) is 3. The Morgan fingerprint density at radius 2 is 1.79 bits per heavy atom. The summed E-state index contributed by atoms with van der Waals surface area (Å²) in [5.74, 6) is -3.05. The molecular weight excluding hydrogens is 834 g/mol. The average molecular weight is 908 g/mol. The van der Waals surface area contributed by atoms with Crippen LogP contribution in [0.5, 0.6) is 0 Å². The van der Waals surface area contributed by atoms with E-state index in [2.05, 4.69) is 22.6 Å². The smallest absolute Gasteiger partial charge is 0.410 e. The predicted molar refractivity (Wildman–Crippen MR) is 241 cm³/mol. The van der Waals surface area contributed by atoms with E-state index in [4.69, 9.17) is 29.4 Å². The Hall–Kier alpha value is -3.39. The van der Waals surface area contributed by atoms with Crippen molar-refractivity contribution in [1.82, 2.24) is 30.1 Å². The van der Waals surface area contributed by atoms with Crippen molar-refractivity contribution in [3.8, 4) is 11.3 Å². The second-order valence-electron chi connectivity index (χ2n) is 18.3. The molecule has 16 nitrogen and oxygen atoms in total. The number of aryl methyl sites for hydroxylation is 1. The molecule has 0 aliphatic carbocycles. The average Bonchev–Trinajstić information content (AvgIpc) is 3.81. The van der Waals surface area contributed by atoms with Gasteiger partial charge < -0.3 is 44.7 Å². The number of nitrogen functional groups attached to an aromatic ring is 1. The highest BCUT2D eigenvalue weighted by atomic mass is 32.2. The molecule has 0 bridgehead atoms. The Balaban J connectivity index is 0.00000282. The minimum Gasteiger partial charge on any atom is -0.458 e. The summed E-state index contributed by atoms with van der Waals surface area (Å²) in [4.78, 5) is 46.0. The molecule has 2 unspecified atom stereocenters. The molecule has 0 saturated carbocycles. The number of unbranched alkanes of at least 4 members (excludes halogenated alkanes) is 1. The summed E-state index contributed by atoms with van der Waals surface area (Å²) in [6.07, 6.45) is 2.43. The molecule has 4 N–H and O–H groups in total. The van der Waals surface area contributed by atoms with Crippen molar-refractivity contribution in [2.75, 3.05) is 46.3 Å². The van der Waals surface area contributed by atoms with Gasteiger partial charge in [0.15, 0.2) is 17.7 Å². The standard InChI is InChI=1S/C44H71N7O9.CH3FS/c1-12-35-44(8)38(51(42(55)60-44)21-14-13-20-50-25-33(47-48-50)31-16-15-17-32(45)23-31)30(6)46-19-18-26(2)24-43(7,56-11)39(28(4)36(52)29(5)40(54)58-35)59-41-37(53)34(49(9)10)22-27(3)57-41;1-3-2/h15-17,23,25-30,34-35,37-39,41,46,53H,12-14,18-22,24,45H2,1-11H3;1H3/t26-,27-,28+,29-,30+,34?,35-,37?,38-,39-,41+,43-,44-;/m1./s1. The summed E-state index contributed by atoms with van der Waals surface area (Å²) in [5.41, 5.74) is 6.00. The number of likely N-dealkylation sites (N-methyl/N-ethyl adjacent to an activating group) is 1. The van der Waals surface area contributed by atoms with E-state index in [0.717, 1.165) is 24.1 Å². The summed E-state index contributed by atoms with van der Waals surface area (Å²) < 4.78 is 43.5. The fourth-order valence-corrected chi connectivity index (χ4v) is 9.65. The highest BCUT2D eigenvalue weighted by Gasteiger charge is 2.58. The third kappa shape index (κ3) is 12.7. The van der Waals surface area contributed by atoms with Gasteiger partial charge in [0, 0.05) is 67.9 Å². The number of anilines is 1. The van der Waals surface area contributed by atoms with E-state index in [9.17, 15) is 23.4 Å². The van der Waals surface area contributed by atoms with Gasteiger partial charge in [0.05, 0.1) is 30.0 Å². The summed E-state index contributed by atoms with van der Waals surface area (Å²) in [7, 11) is 5.41. The highest BCUT2D eigenvalue weighted by Crippen LogP contribution is 2.40. The summed E-state index contributed by atoms with van der Waals surface area (Å²) in [5, 5.41) is 23.7. The Labute approximate surface area is 378 Å². The molecule has 3 saturated heterocycles. The number of hydrogen-bond acceptors (Lipinski definition) is 15. The molecule has 3 aliphatic rings. The van der Waals surface area contributed by atoms with Gasteiger partial charge in [0.1, 0.15) is 23.8 Å². The van der Waals surface area contributed by atoms with Gasteiger partial charge in [-0.3, -0.25) is 19.2 Å². The van der Waals surface area contributed by atoms with Gasteiger partial charge in [-0.25, -0.2) is 4.79 Å². The zero-order valence-corrected chi connectivity index (χ0v) is 40.2. The number of ketones is 1. The number of benzene rings is 1. The van der Waals surface area contributed by atoms with Gasteiger partial charge in [0.2, 0.25) is 0 Å². The van der Waals surface area contributed by atoms with Crippen molar-refractivity contribution in [3.05, 3.63) is 30.5 Å². The molecule has 1 aromatic heterocycles. The van der Waals surface area contributed by atoms with Gasteiger partial charge in [-0.15, -0.1) is 5.10 Å². The maximum Gasteiger partial charge on any atom is 0.410 e. The van der Waals surface area contributed by atoms with Crippen LogP contribution in [0.15, 0.2) is 30.5 Å². The normalized spacial score (nSPS) is 34.8. The summed E-state index contributed by atoms with van der Waals surface area (Å²) in [6, 6.07) is 6.53.